The topological polar surface area (TPSA) is 64.8 Å². The zero-order chi connectivity index (χ0) is 13.5. The van der Waals surface area contributed by atoms with Gasteiger partial charge in [-0.25, -0.2) is 9.97 Å². The molecular formula is C13H19N5S. The summed E-state index contributed by atoms with van der Waals surface area (Å²) in [5, 5.41) is 13.2. The number of nitrogens with zero attached hydrogens (tertiary/aromatic N) is 4. The summed E-state index contributed by atoms with van der Waals surface area (Å²) in [6.07, 6.45) is 7.38. The summed E-state index contributed by atoms with van der Waals surface area (Å²) in [7, 11) is 0. The molecule has 1 N–H and O–H groups in total. The number of thioether (sulfide) groups is 1. The number of hydrogen-bond acceptors (Lipinski definition) is 6. The van der Waals surface area contributed by atoms with Crippen LogP contribution in [0.25, 0.3) is 0 Å². The SMILES string of the molecule is CSc1ncnc(NCCN2CCCCC2)c1C#N. The van der Waals surface area contributed by atoms with Gasteiger partial charge in [-0.2, -0.15) is 5.26 Å². The first-order valence-electron chi connectivity index (χ1n) is 6.60. The number of nitrogens with one attached hydrogen (secondary N) is 1. The van der Waals surface area contributed by atoms with Gasteiger partial charge in [0, 0.05) is 13.1 Å². The molecule has 0 aliphatic carbocycles. The molecular weight excluding hydrogens is 258 g/mol. The van der Waals surface area contributed by atoms with Crippen LogP contribution >= 0.6 is 11.8 Å². The van der Waals surface area contributed by atoms with E-state index in [-0.39, 0.29) is 0 Å². The fourth-order valence-electron chi connectivity index (χ4n) is 2.27. The van der Waals surface area contributed by atoms with Crippen molar-refractivity contribution in [2.45, 2.75) is 24.3 Å². The molecule has 0 aromatic carbocycles. The molecule has 1 aromatic rings. The number of rotatable bonds is 5. The Morgan fingerprint density at radius 2 is 2.16 bits per heavy atom. The predicted molar refractivity (Wildman–Crippen MR) is 77.3 cm³/mol. The minimum Gasteiger partial charge on any atom is -0.368 e. The predicted octanol–water partition coefficient (Wildman–Crippen LogP) is 1.97. The molecule has 2 rings (SSSR count). The van der Waals surface area contributed by atoms with Crippen LogP contribution in [0.1, 0.15) is 24.8 Å². The lowest BCUT2D eigenvalue weighted by Gasteiger charge is -2.26. The molecule has 1 saturated heterocycles. The smallest absolute Gasteiger partial charge is 0.148 e. The first-order valence-corrected chi connectivity index (χ1v) is 7.83. The summed E-state index contributed by atoms with van der Waals surface area (Å²) in [5.74, 6) is 0.652. The third-order valence-electron chi connectivity index (χ3n) is 3.29. The molecule has 5 nitrogen and oxygen atoms in total. The highest BCUT2D eigenvalue weighted by Crippen LogP contribution is 2.21. The Kier molecular flexibility index (Phi) is 5.43. The highest BCUT2D eigenvalue weighted by Gasteiger charge is 2.12. The van der Waals surface area contributed by atoms with Crippen molar-refractivity contribution >= 4 is 17.6 Å². The standard InChI is InChI=1S/C13H19N5S/c1-19-13-11(9-14)12(16-10-17-13)15-5-8-18-6-3-2-4-7-18/h10H,2-8H2,1H3,(H,15,16,17). The summed E-state index contributed by atoms with van der Waals surface area (Å²) in [6, 6.07) is 2.18. The molecule has 19 heavy (non-hydrogen) atoms. The summed E-state index contributed by atoms with van der Waals surface area (Å²) in [6.45, 7) is 4.20. The van der Waals surface area contributed by atoms with Crippen LogP contribution in [-0.2, 0) is 0 Å². The Bertz CT molecular complexity index is 451. The normalized spacial score (nSPS) is 16.0. The van der Waals surface area contributed by atoms with Gasteiger partial charge in [0.15, 0.2) is 0 Å². The van der Waals surface area contributed by atoms with Crippen molar-refractivity contribution in [1.82, 2.24) is 14.9 Å². The van der Waals surface area contributed by atoms with Crippen LogP contribution in [0.4, 0.5) is 5.82 Å². The van der Waals surface area contributed by atoms with E-state index >= 15 is 0 Å². The van der Waals surface area contributed by atoms with Gasteiger partial charge >= 0.3 is 0 Å². The highest BCUT2D eigenvalue weighted by molar-refractivity contribution is 7.98. The number of likely N-dealkylation sites (tertiary alicyclic amines) is 1. The van der Waals surface area contributed by atoms with Gasteiger partial charge in [0.05, 0.1) is 0 Å². The Morgan fingerprint density at radius 3 is 2.84 bits per heavy atom. The Hall–Kier alpha value is -1.32. The maximum atomic E-state index is 9.18. The van der Waals surface area contributed by atoms with Crippen LogP contribution < -0.4 is 5.32 Å². The molecule has 0 saturated carbocycles. The third kappa shape index (κ3) is 3.82. The van der Waals surface area contributed by atoms with Crippen LogP contribution in [0.3, 0.4) is 0 Å². The van der Waals surface area contributed by atoms with Crippen molar-refractivity contribution in [3.8, 4) is 6.07 Å². The van der Waals surface area contributed by atoms with E-state index in [1.807, 2.05) is 6.26 Å². The molecule has 0 spiro atoms. The van der Waals surface area contributed by atoms with E-state index in [4.69, 9.17) is 0 Å². The van der Waals surface area contributed by atoms with Gasteiger partial charge in [0.1, 0.15) is 28.8 Å². The quantitative estimate of drug-likeness (QED) is 0.655. The van der Waals surface area contributed by atoms with E-state index in [0.29, 0.717) is 11.4 Å². The van der Waals surface area contributed by atoms with Crippen molar-refractivity contribution < 1.29 is 0 Å². The average molecular weight is 277 g/mol. The van der Waals surface area contributed by atoms with Crippen molar-refractivity contribution in [2.24, 2.45) is 0 Å². The maximum absolute atomic E-state index is 9.18. The minimum atomic E-state index is 0.550. The molecule has 1 fully saturated rings. The van der Waals surface area contributed by atoms with Gasteiger partial charge < -0.3 is 10.2 Å². The van der Waals surface area contributed by atoms with Gasteiger partial charge in [-0.1, -0.05) is 6.42 Å². The van der Waals surface area contributed by atoms with E-state index in [1.165, 1.54) is 50.4 Å². The summed E-state index contributed by atoms with van der Waals surface area (Å²) in [4.78, 5) is 10.7. The Morgan fingerprint density at radius 1 is 1.37 bits per heavy atom. The third-order valence-corrected chi connectivity index (χ3v) is 3.98. The lowest BCUT2D eigenvalue weighted by molar-refractivity contribution is 0.237. The number of hydrogen-bond donors (Lipinski definition) is 1. The van der Waals surface area contributed by atoms with Gasteiger partial charge in [0.25, 0.3) is 0 Å². The fourth-order valence-corrected chi connectivity index (χ4v) is 2.77. The first kappa shape index (κ1) is 14.1. The minimum absolute atomic E-state index is 0.550. The van der Waals surface area contributed by atoms with Crippen LogP contribution in [0.5, 0.6) is 0 Å². The molecule has 2 heterocycles. The Labute approximate surface area is 118 Å². The molecule has 0 atom stereocenters. The maximum Gasteiger partial charge on any atom is 0.148 e. The second kappa shape index (κ2) is 7.31. The lowest BCUT2D eigenvalue weighted by Crippen LogP contribution is -2.33. The van der Waals surface area contributed by atoms with Crippen molar-refractivity contribution in [2.75, 3.05) is 37.8 Å². The second-order valence-electron chi connectivity index (χ2n) is 4.55. The van der Waals surface area contributed by atoms with Crippen LogP contribution in [0.2, 0.25) is 0 Å². The van der Waals surface area contributed by atoms with Crippen LogP contribution in [0, 0.1) is 11.3 Å². The zero-order valence-corrected chi connectivity index (χ0v) is 12.0. The molecule has 1 aromatic heterocycles. The zero-order valence-electron chi connectivity index (χ0n) is 11.2. The fraction of sp³-hybridized carbons (Fsp3) is 0.615. The summed E-state index contributed by atoms with van der Waals surface area (Å²) < 4.78 is 0. The monoisotopic (exact) mass is 277 g/mol. The molecule has 102 valence electrons. The number of nitriles is 1. The first-order chi connectivity index (χ1) is 9.35. The molecule has 1 aliphatic heterocycles. The largest absolute Gasteiger partial charge is 0.368 e. The van der Waals surface area contributed by atoms with Crippen LogP contribution in [0.15, 0.2) is 11.4 Å². The van der Waals surface area contributed by atoms with E-state index in [9.17, 15) is 5.26 Å². The lowest BCUT2D eigenvalue weighted by atomic mass is 10.1. The van der Waals surface area contributed by atoms with E-state index < -0.39 is 0 Å². The summed E-state index contributed by atoms with van der Waals surface area (Å²) in [5.41, 5.74) is 0.550. The molecule has 1 aliphatic rings. The highest BCUT2D eigenvalue weighted by atomic mass is 32.2. The van der Waals surface area contributed by atoms with Gasteiger partial charge in [-0.05, 0) is 32.2 Å². The molecule has 0 bridgehead atoms. The van der Waals surface area contributed by atoms with Crippen molar-refractivity contribution in [3.05, 3.63) is 11.9 Å². The van der Waals surface area contributed by atoms with E-state index in [1.54, 1.807) is 0 Å². The van der Waals surface area contributed by atoms with Gasteiger partial charge in [-0.15, -0.1) is 11.8 Å². The number of piperidine rings is 1. The number of aromatic nitrogens is 2. The molecule has 0 unspecified atom stereocenters. The molecule has 0 amide bonds. The van der Waals surface area contributed by atoms with Crippen LogP contribution in [-0.4, -0.2) is 47.3 Å². The average Bonchev–Trinajstić information content (AvgIpc) is 2.48. The van der Waals surface area contributed by atoms with Gasteiger partial charge in [0.2, 0.25) is 0 Å². The van der Waals surface area contributed by atoms with Crippen molar-refractivity contribution in [3.63, 3.8) is 0 Å². The number of anilines is 1. The molecule has 6 heteroatoms. The van der Waals surface area contributed by atoms with Gasteiger partial charge in [-0.3, -0.25) is 0 Å². The Balaban J connectivity index is 1.90. The van der Waals surface area contributed by atoms with E-state index in [2.05, 4.69) is 26.3 Å². The summed E-state index contributed by atoms with van der Waals surface area (Å²) >= 11 is 1.47. The second-order valence-corrected chi connectivity index (χ2v) is 5.34. The van der Waals surface area contributed by atoms with Crippen molar-refractivity contribution in [1.29, 1.82) is 5.26 Å². The van der Waals surface area contributed by atoms with E-state index in [0.717, 1.165) is 18.1 Å². The molecule has 0 radical (unpaired) electrons.